The molecule has 0 unspecified atom stereocenters. The van der Waals surface area contributed by atoms with Gasteiger partial charge < -0.3 is 14.8 Å². The molecule has 0 aliphatic rings. The van der Waals surface area contributed by atoms with Crippen LogP contribution in [0.2, 0.25) is 0 Å². The van der Waals surface area contributed by atoms with Gasteiger partial charge in [-0.1, -0.05) is 24.3 Å². The van der Waals surface area contributed by atoms with Crippen LogP contribution in [-0.4, -0.2) is 22.0 Å². The van der Waals surface area contributed by atoms with Gasteiger partial charge in [0.2, 0.25) is 0 Å². The molecule has 2 heterocycles. The summed E-state index contributed by atoms with van der Waals surface area (Å²) in [4.78, 5) is 28.3. The minimum atomic E-state index is -1.39. The van der Waals surface area contributed by atoms with Crippen molar-refractivity contribution in [2.75, 3.05) is 5.32 Å². The molecule has 0 spiro atoms. The third kappa shape index (κ3) is 3.25. The van der Waals surface area contributed by atoms with Gasteiger partial charge in [-0.2, -0.15) is 0 Å². The zero-order valence-corrected chi connectivity index (χ0v) is 15.6. The van der Waals surface area contributed by atoms with Crippen molar-refractivity contribution in [1.29, 1.82) is 0 Å². The molecule has 0 radical (unpaired) electrons. The maximum atomic E-state index is 14.4. The molecule has 0 bridgehead atoms. The number of nitrogens with zero attached hydrogens (tertiary/aromatic N) is 1. The molecular formula is C20H12F2N2O4S. The number of halogens is 2. The van der Waals surface area contributed by atoms with E-state index in [2.05, 4.69) is 10.3 Å². The van der Waals surface area contributed by atoms with Gasteiger partial charge in [0.25, 0.3) is 5.89 Å². The van der Waals surface area contributed by atoms with E-state index < -0.39 is 23.5 Å². The van der Waals surface area contributed by atoms with Gasteiger partial charge in [-0.25, -0.2) is 18.6 Å². The summed E-state index contributed by atoms with van der Waals surface area (Å²) < 4.78 is 33.7. The van der Waals surface area contributed by atoms with Gasteiger partial charge in [0.05, 0.1) is 0 Å². The van der Waals surface area contributed by atoms with E-state index in [-0.39, 0.29) is 33.1 Å². The largest absolute Gasteiger partial charge is 0.478 e. The van der Waals surface area contributed by atoms with Gasteiger partial charge in [-0.3, -0.25) is 4.79 Å². The van der Waals surface area contributed by atoms with Crippen LogP contribution in [-0.2, 0) is 0 Å². The van der Waals surface area contributed by atoms with Crippen LogP contribution < -0.4 is 5.32 Å². The van der Waals surface area contributed by atoms with E-state index in [0.717, 1.165) is 11.3 Å². The number of fused-ring (bicyclic) bond motifs is 1. The van der Waals surface area contributed by atoms with Gasteiger partial charge in [-0.15, -0.1) is 11.3 Å². The Labute approximate surface area is 166 Å². The van der Waals surface area contributed by atoms with Crippen molar-refractivity contribution in [1.82, 2.24) is 4.98 Å². The number of amides is 1. The van der Waals surface area contributed by atoms with Crippen molar-refractivity contribution < 1.29 is 27.9 Å². The average molecular weight is 414 g/mol. The van der Waals surface area contributed by atoms with E-state index in [1.165, 1.54) is 24.4 Å². The fourth-order valence-electron chi connectivity index (χ4n) is 2.84. The normalized spacial score (nSPS) is 11.0. The summed E-state index contributed by atoms with van der Waals surface area (Å²) in [5.74, 6) is -4.60. The average Bonchev–Trinajstić information content (AvgIpc) is 3.30. The molecule has 0 saturated heterocycles. The van der Waals surface area contributed by atoms with Crippen LogP contribution in [0.15, 0.2) is 46.2 Å². The highest BCUT2D eigenvalue weighted by molar-refractivity contribution is 7.15. The molecule has 0 aliphatic carbocycles. The molecule has 4 aromatic rings. The molecule has 2 N–H and O–H groups in total. The fourth-order valence-corrected chi connectivity index (χ4v) is 3.79. The summed E-state index contributed by atoms with van der Waals surface area (Å²) in [6.07, 6.45) is 0. The lowest BCUT2D eigenvalue weighted by atomic mass is 10.0. The topological polar surface area (TPSA) is 92.4 Å². The number of benzene rings is 2. The first kappa shape index (κ1) is 18.8. The Balaban J connectivity index is 1.73. The predicted octanol–water partition coefficient (Wildman–Crippen LogP) is 5.09. The van der Waals surface area contributed by atoms with Crippen LogP contribution in [0.1, 0.15) is 26.6 Å². The molecule has 1 amide bonds. The Kier molecular flexibility index (Phi) is 4.59. The lowest BCUT2D eigenvalue weighted by Gasteiger charge is -2.07. The number of hydrogen-bond donors (Lipinski definition) is 2. The van der Waals surface area contributed by atoms with E-state index >= 15 is 0 Å². The van der Waals surface area contributed by atoms with E-state index in [1.54, 1.807) is 24.3 Å². The number of carboxylic acids is 1. The quantitative estimate of drug-likeness (QED) is 0.485. The van der Waals surface area contributed by atoms with E-state index in [1.807, 2.05) is 0 Å². The number of carbonyl (C=O) groups excluding carboxylic acids is 1. The second-order valence-corrected chi connectivity index (χ2v) is 7.04. The second kappa shape index (κ2) is 7.10. The van der Waals surface area contributed by atoms with Crippen LogP contribution in [0.5, 0.6) is 0 Å². The molecule has 2 aromatic carbocycles. The summed E-state index contributed by atoms with van der Waals surface area (Å²) in [6, 6.07) is 9.41. The number of hydrogen-bond acceptors (Lipinski definition) is 5. The van der Waals surface area contributed by atoms with Crippen LogP contribution >= 0.6 is 11.3 Å². The smallest absolute Gasteiger partial charge is 0.339 e. The molecule has 0 fully saturated rings. The molecule has 2 aromatic heterocycles. The molecule has 0 atom stereocenters. The van der Waals surface area contributed by atoms with Crippen molar-refractivity contribution in [2.45, 2.75) is 6.92 Å². The number of thiophene rings is 1. The summed E-state index contributed by atoms with van der Waals surface area (Å²) in [6.45, 7) is 1.40. The minimum absolute atomic E-state index is 0.0354. The van der Waals surface area contributed by atoms with E-state index in [9.17, 15) is 23.5 Å². The van der Waals surface area contributed by atoms with Crippen LogP contribution in [0.4, 0.5) is 13.8 Å². The highest BCUT2D eigenvalue weighted by Gasteiger charge is 2.25. The first-order chi connectivity index (χ1) is 13.9. The first-order valence-corrected chi connectivity index (χ1v) is 9.21. The van der Waals surface area contributed by atoms with Gasteiger partial charge in [-0.05, 0) is 24.6 Å². The highest BCUT2D eigenvalue weighted by Crippen LogP contribution is 2.38. The number of aromatic carboxylic acids is 1. The molecule has 6 nitrogen and oxygen atoms in total. The van der Waals surface area contributed by atoms with Crippen LogP contribution in [0.25, 0.3) is 22.2 Å². The van der Waals surface area contributed by atoms with Crippen LogP contribution in [0.3, 0.4) is 0 Å². The zero-order valence-electron chi connectivity index (χ0n) is 14.8. The van der Waals surface area contributed by atoms with E-state index in [0.29, 0.717) is 11.1 Å². The van der Waals surface area contributed by atoms with Crippen molar-refractivity contribution in [2.24, 2.45) is 0 Å². The summed E-state index contributed by atoms with van der Waals surface area (Å²) in [5, 5.41) is 13.3. The maximum Gasteiger partial charge on any atom is 0.339 e. The van der Waals surface area contributed by atoms with Crippen molar-refractivity contribution >= 4 is 39.3 Å². The SMILES string of the molecule is Cc1ccc(-c2csc(NC(=O)c3nc4ccccc4o3)c2C(=O)O)c(F)c1F. The van der Waals surface area contributed by atoms with Gasteiger partial charge in [0.1, 0.15) is 16.1 Å². The Morgan fingerprint density at radius 2 is 1.86 bits per heavy atom. The number of aromatic nitrogens is 1. The van der Waals surface area contributed by atoms with Gasteiger partial charge in [0.15, 0.2) is 17.2 Å². The first-order valence-electron chi connectivity index (χ1n) is 8.33. The standard InChI is InChI=1S/C20H12F2N2O4S/c1-9-6-7-10(16(22)15(9)21)11-8-29-19(14(11)20(26)27)24-17(25)18-23-12-4-2-3-5-13(12)28-18/h2-8H,1H3,(H,24,25)(H,26,27). The summed E-state index contributed by atoms with van der Waals surface area (Å²) >= 11 is 0.877. The number of carbonyl (C=O) groups is 2. The number of oxazole rings is 1. The third-order valence-corrected chi connectivity index (χ3v) is 5.18. The number of rotatable bonds is 4. The van der Waals surface area contributed by atoms with Gasteiger partial charge >= 0.3 is 11.9 Å². The molecule has 0 aliphatic heterocycles. The lowest BCUT2D eigenvalue weighted by Crippen LogP contribution is -2.14. The number of para-hydroxylation sites is 2. The van der Waals surface area contributed by atoms with Crippen LogP contribution in [0, 0.1) is 18.6 Å². The monoisotopic (exact) mass is 414 g/mol. The predicted molar refractivity (Wildman–Crippen MR) is 103 cm³/mol. The summed E-state index contributed by atoms with van der Waals surface area (Å²) in [5.41, 5.74) is 0.390. The molecular weight excluding hydrogens is 402 g/mol. The fraction of sp³-hybridized carbons (Fsp3) is 0.0500. The Bertz CT molecular complexity index is 1250. The molecule has 146 valence electrons. The van der Waals surface area contributed by atoms with E-state index in [4.69, 9.17) is 4.42 Å². The van der Waals surface area contributed by atoms with Gasteiger partial charge in [0, 0.05) is 16.5 Å². The Hall–Kier alpha value is -3.59. The number of carboxylic acid groups (broad SMARTS) is 1. The minimum Gasteiger partial charge on any atom is -0.478 e. The molecule has 0 saturated carbocycles. The summed E-state index contributed by atoms with van der Waals surface area (Å²) in [7, 11) is 0. The number of aryl methyl sites for hydroxylation is 1. The molecule has 9 heteroatoms. The van der Waals surface area contributed by atoms with Crippen molar-refractivity contribution in [3.05, 3.63) is 70.4 Å². The third-order valence-electron chi connectivity index (χ3n) is 4.29. The Morgan fingerprint density at radius 1 is 1.10 bits per heavy atom. The zero-order chi connectivity index (χ0) is 20.7. The number of nitrogens with one attached hydrogen (secondary N) is 1. The molecule has 29 heavy (non-hydrogen) atoms. The van der Waals surface area contributed by atoms with Crippen molar-refractivity contribution in [3.63, 3.8) is 0 Å². The number of anilines is 1. The lowest BCUT2D eigenvalue weighted by molar-refractivity contribution is 0.0699. The Morgan fingerprint density at radius 3 is 2.59 bits per heavy atom. The maximum absolute atomic E-state index is 14.4. The highest BCUT2D eigenvalue weighted by atomic mass is 32.1. The molecule has 4 rings (SSSR count). The second-order valence-electron chi connectivity index (χ2n) is 6.16. The van der Waals surface area contributed by atoms with Crippen molar-refractivity contribution in [3.8, 4) is 11.1 Å².